The van der Waals surface area contributed by atoms with Gasteiger partial charge < -0.3 is 15.1 Å². The number of carbonyl (C=O) groups excluding carboxylic acids is 2. The van der Waals surface area contributed by atoms with E-state index < -0.39 is 0 Å². The molecule has 1 aromatic heterocycles. The summed E-state index contributed by atoms with van der Waals surface area (Å²) < 4.78 is 5.84. The van der Waals surface area contributed by atoms with Gasteiger partial charge in [-0.1, -0.05) is 6.42 Å². The highest BCUT2D eigenvalue weighted by atomic mass is 16.3. The number of piperidine rings is 1. The van der Waals surface area contributed by atoms with E-state index in [4.69, 9.17) is 4.42 Å². The summed E-state index contributed by atoms with van der Waals surface area (Å²) in [4.78, 5) is 26.5. The summed E-state index contributed by atoms with van der Waals surface area (Å²) in [7, 11) is 0. The zero-order valence-electron chi connectivity index (χ0n) is 13.3. The second-order valence-corrected chi connectivity index (χ2v) is 6.09. The van der Waals surface area contributed by atoms with E-state index in [2.05, 4.69) is 15.5 Å². The van der Waals surface area contributed by atoms with E-state index in [-0.39, 0.29) is 18.5 Å². The zero-order valence-corrected chi connectivity index (χ0v) is 13.3. The first-order valence-electron chi connectivity index (χ1n) is 8.31. The smallest absolute Gasteiger partial charge is 0.324 e. The van der Waals surface area contributed by atoms with Crippen LogP contribution in [-0.2, 0) is 17.9 Å². The first-order chi connectivity index (χ1) is 11.2. The molecule has 0 aliphatic carbocycles. The molecule has 0 aromatic carbocycles. The minimum absolute atomic E-state index is 0.108. The molecule has 3 heterocycles. The molecule has 2 fully saturated rings. The lowest BCUT2D eigenvalue weighted by Gasteiger charge is -2.25. The van der Waals surface area contributed by atoms with Crippen LogP contribution in [0.25, 0.3) is 0 Å². The molecule has 126 valence electrons. The second-order valence-electron chi connectivity index (χ2n) is 6.09. The van der Waals surface area contributed by atoms with Crippen molar-refractivity contribution in [2.75, 3.05) is 32.7 Å². The number of carbonyl (C=O) groups is 2. The minimum atomic E-state index is -0.307. The van der Waals surface area contributed by atoms with Crippen molar-refractivity contribution in [3.05, 3.63) is 23.7 Å². The molecule has 0 spiro atoms. The van der Waals surface area contributed by atoms with Crippen molar-refractivity contribution in [1.29, 1.82) is 0 Å². The summed E-state index contributed by atoms with van der Waals surface area (Å²) in [6.07, 6.45) is 3.89. The van der Waals surface area contributed by atoms with Gasteiger partial charge in [-0.05, 0) is 38.1 Å². The van der Waals surface area contributed by atoms with Crippen molar-refractivity contribution in [2.24, 2.45) is 0 Å². The molecule has 3 amide bonds. The Kier molecular flexibility index (Phi) is 5.30. The van der Waals surface area contributed by atoms with Gasteiger partial charge in [-0.25, -0.2) is 4.79 Å². The largest absolute Gasteiger partial charge is 0.463 e. The highest BCUT2D eigenvalue weighted by Gasteiger charge is 2.27. The van der Waals surface area contributed by atoms with E-state index in [1.807, 2.05) is 12.1 Å². The summed E-state index contributed by atoms with van der Waals surface area (Å²) in [6.45, 7) is 4.83. The number of nitrogens with one attached hydrogen (secondary N) is 2. The van der Waals surface area contributed by atoms with Crippen LogP contribution in [0.1, 0.15) is 30.8 Å². The molecule has 0 bridgehead atoms. The molecule has 2 aliphatic heterocycles. The fraction of sp³-hybridized carbons (Fsp3) is 0.625. The molecule has 0 unspecified atom stereocenters. The van der Waals surface area contributed by atoms with Gasteiger partial charge in [-0.15, -0.1) is 0 Å². The Morgan fingerprint density at radius 3 is 2.65 bits per heavy atom. The Balaban J connectivity index is 1.37. The van der Waals surface area contributed by atoms with Crippen LogP contribution in [-0.4, -0.2) is 54.5 Å². The average Bonchev–Trinajstić information content (AvgIpc) is 3.13. The van der Waals surface area contributed by atoms with E-state index in [1.165, 1.54) is 24.2 Å². The van der Waals surface area contributed by atoms with Crippen LogP contribution in [0.4, 0.5) is 4.79 Å². The Morgan fingerprint density at radius 2 is 1.91 bits per heavy atom. The third kappa shape index (κ3) is 4.33. The maximum Gasteiger partial charge on any atom is 0.324 e. The zero-order chi connectivity index (χ0) is 16.1. The maximum atomic E-state index is 11.4. The number of hydrogen-bond donors (Lipinski definition) is 2. The number of nitrogens with zero attached hydrogens (tertiary/aromatic N) is 2. The molecule has 7 heteroatoms. The topological polar surface area (TPSA) is 77.8 Å². The molecular formula is C16H24N4O3. The minimum Gasteiger partial charge on any atom is -0.463 e. The van der Waals surface area contributed by atoms with E-state index in [0.29, 0.717) is 19.6 Å². The van der Waals surface area contributed by atoms with Crippen LogP contribution < -0.4 is 10.6 Å². The van der Waals surface area contributed by atoms with Crippen molar-refractivity contribution in [1.82, 2.24) is 20.4 Å². The Hall–Kier alpha value is -1.86. The first-order valence-corrected chi connectivity index (χ1v) is 8.31. The first kappa shape index (κ1) is 16.0. The quantitative estimate of drug-likeness (QED) is 0.577. The summed E-state index contributed by atoms with van der Waals surface area (Å²) in [6, 6.07) is 3.71. The van der Waals surface area contributed by atoms with E-state index in [9.17, 15) is 9.59 Å². The standard InChI is InChI=1S/C16H24N4O3/c21-15-11-18-16(22)20(15)9-6-17-10-13-4-5-14(23-13)12-19-7-2-1-3-8-19/h4-5,17H,1-3,6-12H2,(H,18,22). The molecule has 2 saturated heterocycles. The van der Waals surface area contributed by atoms with Crippen molar-refractivity contribution in [3.63, 3.8) is 0 Å². The highest BCUT2D eigenvalue weighted by Crippen LogP contribution is 2.15. The number of furan rings is 1. The van der Waals surface area contributed by atoms with Crippen LogP contribution in [0.3, 0.4) is 0 Å². The van der Waals surface area contributed by atoms with Crippen LogP contribution in [0.15, 0.2) is 16.5 Å². The van der Waals surface area contributed by atoms with Gasteiger partial charge in [0.25, 0.3) is 0 Å². The predicted octanol–water partition coefficient (Wildman–Crippen LogP) is 0.907. The van der Waals surface area contributed by atoms with Crippen molar-refractivity contribution in [2.45, 2.75) is 32.4 Å². The lowest BCUT2D eigenvalue weighted by Crippen LogP contribution is -2.36. The van der Waals surface area contributed by atoms with Gasteiger partial charge in [-0.3, -0.25) is 14.6 Å². The van der Waals surface area contributed by atoms with E-state index in [1.54, 1.807) is 0 Å². The van der Waals surface area contributed by atoms with Gasteiger partial charge in [0, 0.05) is 13.1 Å². The number of hydrogen-bond acceptors (Lipinski definition) is 5. The van der Waals surface area contributed by atoms with Crippen molar-refractivity contribution in [3.8, 4) is 0 Å². The lowest BCUT2D eigenvalue weighted by molar-refractivity contribution is -0.124. The molecule has 7 nitrogen and oxygen atoms in total. The Labute approximate surface area is 136 Å². The molecule has 2 aliphatic rings. The summed E-state index contributed by atoms with van der Waals surface area (Å²) >= 11 is 0. The molecular weight excluding hydrogens is 296 g/mol. The second kappa shape index (κ2) is 7.61. The normalized spacial score (nSPS) is 19.4. The van der Waals surface area contributed by atoms with E-state index >= 15 is 0 Å². The van der Waals surface area contributed by atoms with Crippen LogP contribution >= 0.6 is 0 Å². The number of rotatable bonds is 7. The van der Waals surface area contributed by atoms with Crippen LogP contribution in [0.5, 0.6) is 0 Å². The molecule has 0 radical (unpaired) electrons. The number of imide groups is 1. The van der Waals surface area contributed by atoms with Crippen LogP contribution in [0, 0.1) is 0 Å². The van der Waals surface area contributed by atoms with Gasteiger partial charge in [0.2, 0.25) is 5.91 Å². The SMILES string of the molecule is O=C1CNC(=O)N1CCNCc1ccc(CN2CCCCC2)o1. The predicted molar refractivity (Wildman–Crippen MR) is 84.7 cm³/mol. The summed E-state index contributed by atoms with van der Waals surface area (Å²) in [5.74, 6) is 1.71. The maximum absolute atomic E-state index is 11.4. The Morgan fingerprint density at radius 1 is 1.13 bits per heavy atom. The number of likely N-dealkylation sites (tertiary alicyclic amines) is 1. The molecule has 0 saturated carbocycles. The molecule has 23 heavy (non-hydrogen) atoms. The molecule has 2 N–H and O–H groups in total. The van der Waals surface area contributed by atoms with Crippen molar-refractivity contribution < 1.29 is 14.0 Å². The van der Waals surface area contributed by atoms with Gasteiger partial charge in [0.1, 0.15) is 11.5 Å². The number of urea groups is 1. The summed E-state index contributed by atoms with van der Waals surface area (Å²) in [5.41, 5.74) is 0. The molecule has 0 atom stereocenters. The third-order valence-electron chi connectivity index (χ3n) is 4.29. The highest BCUT2D eigenvalue weighted by molar-refractivity contribution is 6.01. The number of amides is 3. The fourth-order valence-electron chi connectivity index (χ4n) is 3.02. The third-order valence-corrected chi connectivity index (χ3v) is 4.29. The van der Waals surface area contributed by atoms with Gasteiger partial charge in [0.15, 0.2) is 0 Å². The fourth-order valence-corrected chi connectivity index (χ4v) is 3.02. The summed E-state index contributed by atoms with van der Waals surface area (Å²) in [5, 5.41) is 5.71. The van der Waals surface area contributed by atoms with Gasteiger partial charge >= 0.3 is 6.03 Å². The van der Waals surface area contributed by atoms with E-state index in [0.717, 1.165) is 31.2 Å². The van der Waals surface area contributed by atoms with Gasteiger partial charge in [0.05, 0.1) is 19.6 Å². The van der Waals surface area contributed by atoms with Crippen molar-refractivity contribution >= 4 is 11.9 Å². The monoisotopic (exact) mass is 320 g/mol. The van der Waals surface area contributed by atoms with Gasteiger partial charge in [-0.2, -0.15) is 0 Å². The average molecular weight is 320 g/mol. The van der Waals surface area contributed by atoms with Crippen LogP contribution in [0.2, 0.25) is 0 Å². The molecule has 3 rings (SSSR count). The molecule has 1 aromatic rings. The Bertz CT molecular complexity index is 535. The lowest BCUT2D eigenvalue weighted by atomic mass is 10.1.